The van der Waals surface area contributed by atoms with Crippen molar-refractivity contribution < 1.29 is 14.7 Å². The van der Waals surface area contributed by atoms with Crippen LogP contribution in [0.2, 0.25) is 0 Å². The fraction of sp³-hybridized carbons (Fsp3) is 0.654. The van der Waals surface area contributed by atoms with Crippen LogP contribution in [0.4, 0.5) is 0 Å². The Morgan fingerprint density at radius 2 is 1.94 bits per heavy atom. The number of nitrogens with one attached hydrogen (secondary N) is 1. The number of aromatic nitrogens is 4. The summed E-state index contributed by atoms with van der Waals surface area (Å²) in [6.45, 7) is 6.01. The summed E-state index contributed by atoms with van der Waals surface area (Å²) in [5.41, 5.74) is 2.23. The molecule has 4 atom stereocenters. The highest BCUT2D eigenvalue weighted by molar-refractivity contribution is 5.90. The van der Waals surface area contributed by atoms with Crippen molar-refractivity contribution in [3.63, 3.8) is 0 Å². The number of hydrogen-bond donors (Lipinski definition) is 2. The molecule has 1 saturated heterocycles. The minimum absolute atomic E-state index is 0.0670. The lowest BCUT2D eigenvalue weighted by molar-refractivity contribution is -0.144. The molecule has 0 radical (unpaired) electrons. The molecule has 0 spiro atoms. The van der Waals surface area contributed by atoms with Crippen molar-refractivity contribution in [2.45, 2.75) is 89.4 Å². The van der Waals surface area contributed by atoms with Crippen LogP contribution >= 0.6 is 0 Å². The Labute approximate surface area is 210 Å². The zero-order chi connectivity index (χ0) is 25.8. The van der Waals surface area contributed by atoms with E-state index in [4.69, 9.17) is 0 Å². The standard InChI is InChI=1S/C26H36N6O4/c1-26(2,3)23(32-14-19(28-29-32)15-8-9-15)25(36)31-13-16(33)12-21(31)24(35)27-18-6-5-7-20-17(18)10-11-22(34)30(20)4/h10-11,14-16,18,21,23,33H,5-9,12-13H2,1-4H3,(H,27,35)/t16-,18?,21+,23-/m1/s1. The molecule has 2 aromatic rings. The van der Waals surface area contributed by atoms with E-state index < -0.39 is 23.6 Å². The fourth-order valence-corrected chi connectivity index (χ4v) is 5.70. The maximum absolute atomic E-state index is 13.9. The number of amides is 2. The monoisotopic (exact) mass is 496 g/mol. The smallest absolute Gasteiger partial charge is 0.250 e. The van der Waals surface area contributed by atoms with Gasteiger partial charge in [-0.15, -0.1) is 5.10 Å². The lowest BCUT2D eigenvalue weighted by Crippen LogP contribution is -2.51. The second kappa shape index (κ2) is 9.14. The number of carbonyl (C=O) groups excluding carboxylic acids is 2. The van der Waals surface area contributed by atoms with Crippen LogP contribution in [0.1, 0.15) is 87.8 Å². The molecule has 1 saturated carbocycles. The first-order chi connectivity index (χ1) is 17.0. The number of hydrogen-bond acceptors (Lipinski definition) is 6. The van der Waals surface area contributed by atoms with Crippen molar-refractivity contribution in [2.24, 2.45) is 12.5 Å². The molecular weight excluding hydrogens is 460 g/mol. The number of nitrogens with zero attached hydrogens (tertiary/aromatic N) is 5. The first-order valence-electron chi connectivity index (χ1n) is 12.9. The Balaban J connectivity index is 1.38. The van der Waals surface area contributed by atoms with Crippen LogP contribution in [0.3, 0.4) is 0 Å². The van der Waals surface area contributed by atoms with Crippen LogP contribution in [-0.4, -0.2) is 60.1 Å². The van der Waals surface area contributed by atoms with Gasteiger partial charge in [0, 0.05) is 43.9 Å². The third kappa shape index (κ3) is 4.58. The molecule has 1 aliphatic heterocycles. The van der Waals surface area contributed by atoms with E-state index in [0.717, 1.165) is 49.1 Å². The van der Waals surface area contributed by atoms with Crippen molar-refractivity contribution >= 4 is 11.8 Å². The second-order valence-corrected chi connectivity index (χ2v) is 11.6. The third-order valence-electron chi connectivity index (χ3n) is 7.78. The Hall–Kier alpha value is -3.01. The number of aliphatic hydroxyl groups is 1. The summed E-state index contributed by atoms with van der Waals surface area (Å²) in [6.07, 6.45) is 5.85. The van der Waals surface area contributed by atoms with Crippen molar-refractivity contribution in [3.05, 3.63) is 45.6 Å². The summed E-state index contributed by atoms with van der Waals surface area (Å²) in [6, 6.07) is 1.66. The van der Waals surface area contributed by atoms with Gasteiger partial charge in [-0.2, -0.15) is 0 Å². The van der Waals surface area contributed by atoms with E-state index in [1.165, 1.54) is 11.0 Å². The molecule has 1 unspecified atom stereocenters. The molecule has 0 aromatic carbocycles. The molecule has 2 N–H and O–H groups in total. The lowest BCUT2D eigenvalue weighted by atomic mass is 9.85. The van der Waals surface area contributed by atoms with Crippen LogP contribution in [0.15, 0.2) is 23.1 Å². The molecule has 10 nitrogen and oxygen atoms in total. The number of fused-ring (bicyclic) bond motifs is 1. The van der Waals surface area contributed by atoms with Gasteiger partial charge in [0.15, 0.2) is 0 Å². The first-order valence-corrected chi connectivity index (χ1v) is 12.9. The van der Waals surface area contributed by atoms with Crippen molar-refractivity contribution in [1.82, 2.24) is 29.8 Å². The number of carbonyl (C=O) groups is 2. The van der Waals surface area contributed by atoms with E-state index in [2.05, 4.69) is 15.6 Å². The highest BCUT2D eigenvalue weighted by Crippen LogP contribution is 2.40. The molecule has 0 bridgehead atoms. The Morgan fingerprint density at radius 3 is 2.64 bits per heavy atom. The number of pyridine rings is 1. The topological polar surface area (TPSA) is 122 Å². The Kier molecular flexibility index (Phi) is 6.26. The van der Waals surface area contributed by atoms with Gasteiger partial charge in [-0.3, -0.25) is 14.4 Å². The Morgan fingerprint density at radius 1 is 1.19 bits per heavy atom. The predicted octanol–water partition coefficient (Wildman–Crippen LogP) is 1.60. The molecule has 10 heteroatoms. The van der Waals surface area contributed by atoms with E-state index in [9.17, 15) is 19.5 Å². The van der Waals surface area contributed by atoms with Gasteiger partial charge in [-0.1, -0.05) is 26.0 Å². The SMILES string of the molecule is Cn1c2c(ccc1=O)C(NC(=O)[C@@H]1C[C@@H](O)CN1C(=O)[C@@H](n1cc(C3CC3)nn1)C(C)(C)C)CCC2. The number of β-amino-alcohol motifs (C(OH)–C–C–N with tert-alkyl or cyclic N) is 1. The highest BCUT2D eigenvalue weighted by atomic mass is 16.3. The molecule has 2 aliphatic carbocycles. The van der Waals surface area contributed by atoms with Crippen molar-refractivity contribution in [3.8, 4) is 0 Å². The molecule has 3 aliphatic rings. The van der Waals surface area contributed by atoms with Gasteiger partial charge in [0.05, 0.1) is 17.8 Å². The van der Waals surface area contributed by atoms with Gasteiger partial charge < -0.3 is 19.9 Å². The third-order valence-corrected chi connectivity index (χ3v) is 7.78. The molecule has 194 valence electrons. The minimum atomic E-state index is -0.776. The minimum Gasteiger partial charge on any atom is -0.391 e. The van der Waals surface area contributed by atoms with E-state index in [-0.39, 0.29) is 36.4 Å². The normalized spacial score (nSPS) is 24.9. The maximum atomic E-state index is 13.9. The average molecular weight is 497 g/mol. The van der Waals surface area contributed by atoms with E-state index >= 15 is 0 Å². The molecule has 2 fully saturated rings. The van der Waals surface area contributed by atoms with Crippen molar-refractivity contribution in [2.75, 3.05) is 6.54 Å². The molecule has 36 heavy (non-hydrogen) atoms. The number of rotatable bonds is 5. The van der Waals surface area contributed by atoms with E-state index in [1.54, 1.807) is 22.4 Å². The van der Waals surface area contributed by atoms with E-state index in [0.29, 0.717) is 5.92 Å². The van der Waals surface area contributed by atoms with Crippen LogP contribution in [0, 0.1) is 5.41 Å². The average Bonchev–Trinajstić information content (AvgIpc) is 3.42. The van der Waals surface area contributed by atoms with Gasteiger partial charge in [0.25, 0.3) is 0 Å². The van der Waals surface area contributed by atoms with Crippen LogP contribution in [-0.2, 0) is 23.1 Å². The lowest BCUT2D eigenvalue weighted by Gasteiger charge is -2.35. The molecular formula is C26H36N6O4. The zero-order valence-corrected chi connectivity index (χ0v) is 21.5. The largest absolute Gasteiger partial charge is 0.391 e. The summed E-state index contributed by atoms with van der Waals surface area (Å²) < 4.78 is 3.28. The fourth-order valence-electron chi connectivity index (χ4n) is 5.70. The van der Waals surface area contributed by atoms with Gasteiger partial charge in [-0.05, 0) is 49.1 Å². The maximum Gasteiger partial charge on any atom is 0.250 e. The summed E-state index contributed by atoms with van der Waals surface area (Å²) >= 11 is 0. The van der Waals surface area contributed by atoms with Crippen LogP contribution < -0.4 is 10.9 Å². The van der Waals surface area contributed by atoms with E-state index in [1.807, 2.05) is 27.0 Å². The molecule has 2 aromatic heterocycles. The van der Waals surface area contributed by atoms with Gasteiger partial charge in [-0.25, -0.2) is 4.68 Å². The summed E-state index contributed by atoms with van der Waals surface area (Å²) in [4.78, 5) is 41.0. The highest BCUT2D eigenvalue weighted by Gasteiger charge is 2.46. The predicted molar refractivity (Wildman–Crippen MR) is 132 cm³/mol. The molecule has 3 heterocycles. The Bertz CT molecular complexity index is 1220. The summed E-state index contributed by atoms with van der Waals surface area (Å²) in [5.74, 6) is -0.103. The molecule has 2 amide bonds. The number of aliphatic hydroxyl groups excluding tert-OH is 1. The van der Waals surface area contributed by atoms with Gasteiger partial charge in [0.2, 0.25) is 17.4 Å². The quantitative estimate of drug-likeness (QED) is 0.648. The number of likely N-dealkylation sites (tertiary alicyclic amines) is 1. The van der Waals surface area contributed by atoms with Crippen LogP contribution in [0.25, 0.3) is 0 Å². The van der Waals surface area contributed by atoms with Gasteiger partial charge in [0.1, 0.15) is 12.1 Å². The first kappa shape index (κ1) is 24.7. The summed E-state index contributed by atoms with van der Waals surface area (Å²) in [7, 11) is 1.75. The zero-order valence-electron chi connectivity index (χ0n) is 21.5. The summed E-state index contributed by atoms with van der Waals surface area (Å²) in [5, 5.41) is 22.2. The van der Waals surface area contributed by atoms with Gasteiger partial charge >= 0.3 is 0 Å². The van der Waals surface area contributed by atoms with Crippen molar-refractivity contribution in [1.29, 1.82) is 0 Å². The molecule has 5 rings (SSSR count). The second-order valence-electron chi connectivity index (χ2n) is 11.6. The van der Waals surface area contributed by atoms with Crippen LogP contribution in [0.5, 0.6) is 0 Å².